The van der Waals surface area contributed by atoms with Crippen LogP contribution in [0.1, 0.15) is 71.3 Å². The van der Waals surface area contributed by atoms with Gasteiger partial charge in [0.1, 0.15) is 6.29 Å². The summed E-state index contributed by atoms with van der Waals surface area (Å²) in [7, 11) is -3.82. The highest BCUT2D eigenvalue weighted by Crippen LogP contribution is 2.59. The standard InChI is InChI=1S/C31H41F2N4O6PS/c1-20(6-8-25(34-3)5-4-12-37(40)17-23(18-37)27-16-35-11-10-21(27)2)13-26(19-38)36-30(39)29-15-22-14-24(7-9-28(22)45-29)31(32,33)44(41,42)43/h7,9-11,14-16,19-20,23,25-26,34H,4-6,8,12-13,17-18H2,1-3H3,(H,36,39)(H2,41,42,43)/t20-,23?,25?,26-,37?/m0/s1. The topological polar surface area (TPSA) is 152 Å². The number of amides is 1. The van der Waals surface area contributed by atoms with Crippen LogP contribution < -0.4 is 10.6 Å². The number of likely N-dealkylation sites (tertiary alicyclic amines) is 1. The number of nitrogens with zero attached hydrogens (tertiary/aromatic N) is 2. The van der Waals surface area contributed by atoms with Gasteiger partial charge in [0.2, 0.25) is 0 Å². The van der Waals surface area contributed by atoms with E-state index in [1.807, 2.05) is 33.2 Å². The molecule has 0 aliphatic carbocycles. The van der Waals surface area contributed by atoms with E-state index in [2.05, 4.69) is 15.6 Å². The number of carbonyl (C=O) groups excluding carboxylic acids is 2. The molecule has 1 unspecified atom stereocenters. The van der Waals surface area contributed by atoms with Crippen molar-refractivity contribution in [3.05, 3.63) is 69.5 Å². The number of rotatable bonds is 16. The fraction of sp³-hybridized carbons (Fsp3) is 0.516. The lowest BCUT2D eigenvalue weighted by Gasteiger charge is -2.54. The molecule has 246 valence electrons. The molecular weight excluding hydrogens is 625 g/mol. The van der Waals surface area contributed by atoms with Crippen molar-refractivity contribution in [2.24, 2.45) is 5.92 Å². The summed E-state index contributed by atoms with van der Waals surface area (Å²) in [6, 6.07) is 6.00. The fourth-order valence-electron chi connectivity index (χ4n) is 6.03. The van der Waals surface area contributed by atoms with Gasteiger partial charge in [-0.05, 0) is 92.8 Å². The number of fused-ring (bicyclic) bond motifs is 1. The van der Waals surface area contributed by atoms with Gasteiger partial charge in [-0.15, -0.1) is 11.3 Å². The van der Waals surface area contributed by atoms with Crippen LogP contribution in [0.25, 0.3) is 10.1 Å². The number of carbonyl (C=O) groups is 2. The predicted octanol–water partition coefficient (Wildman–Crippen LogP) is 5.42. The molecule has 1 fully saturated rings. The maximum absolute atomic E-state index is 14.1. The summed E-state index contributed by atoms with van der Waals surface area (Å²) in [4.78, 5) is 47.1. The zero-order valence-corrected chi connectivity index (χ0v) is 27.3. The lowest BCUT2D eigenvalue weighted by molar-refractivity contribution is -0.923. The van der Waals surface area contributed by atoms with E-state index in [1.54, 1.807) is 6.20 Å². The smallest absolute Gasteiger partial charge is 0.399 e. The minimum atomic E-state index is -5.72. The number of quaternary nitrogens is 1. The number of aldehydes is 1. The summed E-state index contributed by atoms with van der Waals surface area (Å²) in [5.41, 5.74) is -2.85. The van der Waals surface area contributed by atoms with E-state index in [9.17, 15) is 28.1 Å². The molecule has 0 radical (unpaired) electrons. The van der Waals surface area contributed by atoms with Crippen molar-refractivity contribution in [3.8, 4) is 0 Å². The third-order valence-electron chi connectivity index (χ3n) is 8.75. The Morgan fingerprint density at radius 3 is 2.62 bits per heavy atom. The lowest BCUT2D eigenvalue weighted by atomic mass is 9.88. The van der Waals surface area contributed by atoms with Gasteiger partial charge in [-0.25, -0.2) is 0 Å². The van der Waals surface area contributed by atoms with E-state index < -0.39 is 30.8 Å². The Morgan fingerprint density at radius 1 is 1.24 bits per heavy atom. The van der Waals surface area contributed by atoms with Crippen molar-refractivity contribution in [1.29, 1.82) is 0 Å². The number of thiophene rings is 1. The van der Waals surface area contributed by atoms with Crippen LogP contribution in [0.3, 0.4) is 0 Å². The third kappa shape index (κ3) is 8.59. The minimum Gasteiger partial charge on any atom is -0.633 e. The molecule has 2 aromatic heterocycles. The number of hydrogen-bond donors (Lipinski definition) is 4. The molecule has 1 aromatic carbocycles. The summed E-state index contributed by atoms with van der Waals surface area (Å²) >= 11 is 1.03. The van der Waals surface area contributed by atoms with Gasteiger partial charge < -0.3 is 35.1 Å². The molecule has 0 saturated carbocycles. The van der Waals surface area contributed by atoms with Crippen molar-refractivity contribution in [2.75, 3.05) is 26.7 Å². The molecule has 0 bridgehead atoms. The van der Waals surface area contributed by atoms with Crippen LogP contribution >= 0.6 is 18.9 Å². The molecule has 4 rings (SSSR count). The molecule has 14 heteroatoms. The Morgan fingerprint density at radius 2 is 1.98 bits per heavy atom. The van der Waals surface area contributed by atoms with Crippen LogP contribution in [0.2, 0.25) is 0 Å². The molecule has 3 aromatic rings. The van der Waals surface area contributed by atoms with Gasteiger partial charge in [0.15, 0.2) is 0 Å². The quantitative estimate of drug-likeness (QED) is 0.0685. The SMILES string of the molecule is CNC(CCC[N+]1([O-])CC(c2cnccc2C)C1)CC[C@H](C)C[C@@H](C=O)NC(=O)c1cc2cc(C(F)(F)P(=O)(O)O)ccc2s1. The zero-order valence-electron chi connectivity index (χ0n) is 25.6. The molecule has 3 atom stereocenters. The summed E-state index contributed by atoms with van der Waals surface area (Å²) < 4.78 is 39.8. The summed E-state index contributed by atoms with van der Waals surface area (Å²) in [6.07, 6.45) is 8.08. The summed E-state index contributed by atoms with van der Waals surface area (Å²) in [6.45, 7) is 5.81. The number of aryl methyl sites for hydroxylation is 1. The van der Waals surface area contributed by atoms with Crippen molar-refractivity contribution in [1.82, 2.24) is 15.6 Å². The highest BCUT2D eigenvalue weighted by atomic mass is 32.1. The highest BCUT2D eigenvalue weighted by Gasteiger charge is 2.50. The normalized spacial score (nSPS) is 20.8. The first-order valence-corrected chi connectivity index (χ1v) is 17.5. The number of nitrogens with one attached hydrogen (secondary N) is 2. The Bertz CT molecular complexity index is 1540. The van der Waals surface area contributed by atoms with Gasteiger partial charge in [-0.3, -0.25) is 14.3 Å². The van der Waals surface area contributed by atoms with Gasteiger partial charge in [0, 0.05) is 28.7 Å². The van der Waals surface area contributed by atoms with Crippen molar-refractivity contribution >= 4 is 41.2 Å². The molecule has 3 heterocycles. The van der Waals surface area contributed by atoms with Crippen LogP contribution in [0.4, 0.5) is 8.78 Å². The van der Waals surface area contributed by atoms with Gasteiger partial charge in [0.25, 0.3) is 5.91 Å². The Labute approximate surface area is 265 Å². The Hall–Kier alpha value is -2.64. The van der Waals surface area contributed by atoms with E-state index in [0.29, 0.717) is 37.0 Å². The van der Waals surface area contributed by atoms with E-state index in [4.69, 9.17) is 9.79 Å². The highest BCUT2D eigenvalue weighted by molar-refractivity contribution is 7.52. The van der Waals surface area contributed by atoms with E-state index in [1.165, 1.54) is 23.3 Å². The number of benzene rings is 1. The van der Waals surface area contributed by atoms with Crippen LogP contribution in [0, 0.1) is 18.0 Å². The molecule has 10 nitrogen and oxygen atoms in total. The van der Waals surface area contributed by atoms with Crippen molar-refractivity contribution in [3.63, 3.8) is 0 Å². The van der Waals surface area contributed by atoms with Crippen molar-refractivity contribution in [2.45, 2.75) is 69.6 Å². The number of hydroxylamine groups is 3. The molecule has 1 aliphatic heterocycles. The lowest BCUT2D eigenvalue weighted by Crippen LogP contribution is -2.58. The van der Waals surface area contributed by atoms with Gasteiger partial charge in [-0.1, -0.05) is 13.0 Å². The third-order valence-corrected chi connectivity index (χ3v) is 10.9. The number of halogens is 2. The predicted molar refractivity (Wildman–Crippen MR) is 170 cm³/mol. The Balaban J connectivity index is 1.22. The second kappa shape index (κ2) is 14.4. The van der Waals surface area contributed by atoms with Crippen LogP contribution in [-0.2, 0) is 15.0 Å². The van der Waals surface area contributed by atoms with Gasteiger partial charge in [0.05, 0.1) is 36.5 Å². The maximum Gasteiger partial charge on any atom is 0.399 e. The molecule has 4 N–H and O–H groups in total. The first kappa shape index (κ1) is 35.2. The number of aromatic nitrogens is 1. The molecule has 1 amide bonds. The summed E-state index contributed by atoms with van der Waals surface area (Å²) in [5.74, 6) is -0.143. The number of hydrogen-bond acceptors (Lipinski definition) is 7. The van der Waals surface area contributed by atoms with Gasteiger partial charge in [-0.2, -0.15) is 8.78 Å². The molecular formula is C31H41F2N4O6PS. The van der Waals surface area contributed by atoms with Crippen molar-refractivity contribution < 1.29 is 37.4 Å². The zero-order chi connectivity index (χ0) is 33.0. The molecule has 0 spiro atoms. The number of pyridine rings is 1. The second-order valence-corrected chi connectivity index (χ2v) is 15.0. The van der Waals surface area contributed by atoms with E-state index in [-0.39, 0.29) is 32.8 Å². The fourth-order valence-corrected chi connectivity index (χ4v) is 7.45. The first-order chi connectivity index (χ1) is 21.2. The average Bonchev–Trinajstić information content (AvgIpc) is 3.41. The van der Waals surface area contributed by atoms with Gasteiger partial charge >= 0.3 is 13.3 Å². The molecule has 1 aliphatic rings. The second-order valence-electron chi connectivity index (χ2n) is 12.3. The van der Waals surface area contributed by atoms with Crippen LogP contribution in [-0.4, -0.2) is 70.4 Å². The number of alkyl halides is 2. The maximum atomic E-state index is 14.1. The molecule has 1 saturated heterocycles. The minimum absolute atomic E-state index is 0.118. The van der Waals surface area contributed by atoms with E-state index in [0.717, 1.165) is 49.2 Å². The Kier molecular flexibility index (Phi) is 11.3. The average molecular weight is 667 g/mol. The molecule has 45 heavy (non-hydrogen) atoms. The van der Waals surface area contributed by atoms with Crippen LogP contribution in [0.5, 0.6) is 0 Å². The van der Waals surface area contributed by atoms with Crippen LogP contribution in [0.15, 0.2) is 42.7 Å². The first-order valence-electron chi connectivity index (χ1n) is 15.0. The largest absolute Gasteiger partial charge is 0.633 e. The summed E-state index contributed by atoms with van der Waals surface area (Å²) in [5, 5.41) is 19.3. The van der Waals surface area contributed by atoms with E-state index >= 15 is 0 Å². The monoisotopic (exact) mass is 666 g/mol.